The van der Waals surface area contributed by atoms with Crippen molar-refractivity contribution in [2.24, 2.45) is 11.7 Å². The molecule has 37 heavy (non-hydrogen) atoms. The molecule has 0 aliphatic rings. The van der Waals surface area contributed by atoms with Crippen LogP contribution in [0.4, 0.5) is 0 Å². The molecule has 0 spiro atoms. The Morgan fingerprint density at radius 2 is 1.27 bits per heavy atom. The number of rotatable bonds is 7. The second-order valence-electron chi connectivity index (χ2n) is 9.40. The van der Waals surface area contributed by atoms with E-state index in [2.05, 4.69) is 4.74 Å². The molecule has 2 aromatic carbocycles. The Morgan fingerprint density at radius 1 is 0.838 bits per heavy atom. The lowest BCUT2D eigenvalue weighted by atomic mass is 9.98. The number of hydrogen-bond acceptors (Lipinski definition) is 6. The maximum Gasteiger partial charge on any atom is 0.308 e. The van der Waals surface area contributed by atoms with Crippen LogP contribution in [0.5, 0.6) is 0 Å². The van der Waals surface area contributed by atoms with E-state index in [0.717, 1.165) is 5.56 Å². The van der Waals surface area contributed by atoms with Crippen molar-refractivity contribution in [2.45, 2.75) is 71.9 Å². The molecule has 0 unspecified atom stereocenters. The van der Waals surface area contributed by atoms with E-state index >= 15 is 0 Å². The molecule has 9 heteroatoms. The highest BCUT2D eigenvalue weighted by Gasteiger charge is 2.18. The largest absolute Gasteiger partial charge is 0.481 e. The van der Waals surface area contributed by atoms with E-state index in [-0.39, 0.29) is 62.8 Å². The summed E-state index contributed by atoms with van der Waals surface area (Å²) in [6, 6.07) is 18.8. The normalized spacial score (nSPS) is 11.5. The second-order valence-corrected chi connectivity index (χ2v) is 9.40. The second kappa shape index (κ2) is 20.6. The molecular formula is C28H45NO6S2. The average Bonchev–Trinajstić information content (AvgIpc) is 2.79. The van der Waals surface area contributed by atoms with E-state index in [9.17, 15) is 14.4 Å². The van der Waals surface area contributed by atoms with Crippen molar-refractivity contribution in [3.05, 3.63) is 71.8 Å². The summed E-state index contributed by atoms with van der Waals surface area (Å²) >= 11 is 0. The minimum atomic E-state index is -0.869. The van der Waals surface area contributed by atoms with Gasteiger partial charge in [0.05, 0.1) is 25.9 Å². The molecule has 0 aliphatic carbocycles. The summed E-state index contributed by atoms with van der Waals surface area (Å²) in [6.45, 7) is 11.3. The van der Waals surface area contributed by atoms with Crippen molar-refractivity contribution in [3.8, 4) is 0 Å². The number of carbonyl (C=O) groups excluding carboxylic acids is 2. The molecule has 2 aromatic rings. The van der Waals surface area contributed by atoms with Crippen molar-refractivity contribution >= 4 is 44.9 Å². The minimum absolute atomic E-state index is 0. The van der Waals surface area contributed by atoms with Crippen molar-refractivity contribution in [1.82, 2.24) is 0 Å². The van der Waals surface area contributed by atoms with Crippen LogP contribution < -0.4 is 5.73 Å². The van der Waals surface area contributed by atoms with E-state index < -0.39 is 12.0 Å². The first-order valence-electron chi connectivity index (χ1n) is 11.6. The maximum absolute atomic E-state index is 11.0. The summed E-state index contributed by atoms with van der Waals surface area (Å²) in [5.41, 5.74) is 7.30. The summed E-state index contributed by atoms with van der Waals surface area (Å²) in [5.74, 6) is -0.955. The molecule has 0 aromatic heterocycles. The molecule has 210 valence electrons. The summed E-state index contributed by atoms with van der Waals surface area (Å²) in [6.07, 6.45) is 0.421. The van der Waals surface area contributed by atoms with E-state index in [4.69, 9.17) is 15.6 Å². The zero-order valence-corrected chi connectivity index (χ0v) is 25.0. The number of ether oxygens (including phenoxy) is 2. The van der Waals surface area contributed by atoms with E-state index in [1.165, 1.54) is 12.7 Å². The van der Waals surface area contributed by atoms with Crippen LogP contribution in [-0.4, -0.2) is 35.7 Å². The molecule has 7 nitrogen and oxygen atoms in total. The third-order valence-electron chi connectivity index (χ3n) is 4.57. The van der Waals surface area contributed by atoms with Crippen LogP contribution in [-0.2, 0) is 23.9 Å². The highest BCUT2D eigenvalue weighted by atomic mass is 32.1. The van der Waals surface area contributed by atoms with Crippen LogP contribution in [0.15, 0.2) is 60.7 Å². The lowest BCUT2D eigenvalue weighted by molar-refractivity contribution is -0.158. The van der Waals surface area contributed by atoms with Crippen LogP contribution in [0, 0.1) is 5.92 Å². The first-order valence-corrected chi connectivity index (χ1v) is 11.6. The summed E-state index contributed by atoms with van der Waals surface area (Å²) in [4.78, 5) is 32.2. The maximum atomic E-state index is 11.0. The Labute approximate surface area is 236 Å². The molecule has 3 N–H and O–H groups in total. The first-order chi connectivity index (χ1) is 16.3. The lowest BCUT2D eigenvalue weighted by Crippen LogP contribution is -2.26. The van der Waals surface area contributed by atoms with Crippen LogP contribution in [0.25, 0.3) is 0 Å². The van der Waals surface area contributed by atoms with E-state index in [1.54, 1.807) is 0 Å². The molecule has 0 amide bonds. The van der Waals surface area contributed by atoms with Gasteiger partial charge in [-0.2, -0.15) is 27.0 Å². The average molecular weight is 556 g/mol. The van der Waals surface area contributed by atoms with Crippen molar-refractivity contribution in [3.63, 3.8) is 0 Å². The molecule has 0 radical (unpaired) electrons. The van der Waals surface area contributed by atoms with Gasteiger partial charge in [0, 0.05) is 6.04 Å². The Hall–Kier alpha value is -2.49. The standard InChI is InChI=1S/C11H14O2.C9H11NO2.C8H16O2.2H2S/c1-9(8-11(12)13-2)10-6-4-3-5-7-10;10-8(6-9(11)12)7-4-2-1-3-5-7;1-6(2)7(9)10-8(3,4)5;;/h3-7,9H,8H2,1-2H3;1-5,8H,6,10H2,(H,11,12);6H,1-5H3;2*1H2/t9-;8-;;;/m00.../s1. The molecule has 0 saturated carbocycles. The molecule has 2 rings (SSSR count). The van der Waals surface area contributed by atoms with Crippen LogP contribution in [0.3, 0.4) is 0 Å². The highest BCUT2D eigenvalue weighted by molar-refractivity contribution is 7.59. The Kier molecular flexibility index (Phi) is 21.7. The van der Waals surface area contributed by atoms with Gasteiger partial charge in [0.25, 0.3) is 0 Å². The van der Waals surface area contributed by atoms with E-state index in [0.29, 0.717) is 6.42 Å². The number of nitrogens with two attached hydrogens (primary N) is 1. The number of carbonyl (C=O) groups is 3. The SMILES string of the molecule is CC(C)C(=O)OC(C)(C)C.COC(=O)C[C@H](C)c1ccccc1.N[C@@H](CC(=O)O)c1ccccc1.S.S. The predicted octanol–water partition coefficient (Wildman–Crippen LogP) is 5.72. The highest BCUT2D eigenvalue weighted by Crippen LogP contribution is 2.18. The molecule has 0 fully saturated rings. The molecule has 2 atom stereocenters. The molecular weight excluding hydrogens is 510 g/mol. The monoisotopic (exact) mass is 555 g/mol. The van der Waals surface area contributed by atoms with Gasteiger partial charge in [0.1, 0.15) is 5.60 Å². The van der Waals surface area contributed by atoms with Gasteiger partial charge in [0.15, 0.2) is 0 Å². The first kappa shape index (κ1) is 39.0. The fourth-order valence-corrected chi connectivity index (χ4v) is 2.66. The molecule has 0 aliphatic heterocycles. The molecule has 0 saturated heterocycles. The molecule has 0 bridgehead atoms. The van der Waals surface area contributed by atoms with E-state index in [1.807, 2.05) is 102 Å². The smallest absolute Gasteiger partial charge is 0.308 e. The third-order valence-corrected chi connectivity index (χ3v) is 4.57. The number of hydrogen-bond donors (Lipinski definition) is 2. The summed E-state index contributed by atoms with van der Waals surface area (Å²) in [5, 5.41) is 8.47. The van der Waals surface area contributed by atoms with Gasteiger partial charge in [-0.05, 0) is 37.8 Å². The van der Waals surface area contributed by atoms with Crippen LogP contribution >= 0.6 is 27.0 Å². The fraction of sp³-hybridized carbons (Fsp3) is 0.464. The van der Waals surface area contributed by atoms with Crippen molar-refractivity contribution in [1.29, 1.82) is 0 Å². The number of carboxylic acids is 1. The Bertz CT molecular complexity index is 887. The summed E-state index contributed by atoms with van der Waals surface area (Å²) in [7, 11) is 1.42. The quantitative estimate of drug-likeness (QED) is 0.420. The zero-order chi connectivity index (χ0) is 27.0. The minimum Gasteiger partial charge on any atom is -0.481 e. The van der Waals surface area contributed by atoms with Gasteiger partial charge in [-0.15, -0.1) is 0 Å². The number of esters is 2. The van der Waals surface area contributed by atoms with Crippen molar-refractivity contribution in [2.75, 3.05) is 7.11 Å². The molecule has 0 heterocycles. The van der Waals surface area contributed by atoms with Gasteiger partial charge in [-0.3, -0.25) is 14.4 Å². The van der Waals surface area contributed by atoms with Crippen LogP contribution in [0.2, 0.25) is 0 Å². The topological polar surface area (TPSA) is 116 Å². The number of aliphatic carboxylic acids is 1. The fourth-order valence-electron chi connectivity index (χ4n) is 2.66. The van der Waals surface area contributed by atoms with Gasteiger partial charge < -0.3 is 20.3 Å². The predicted molar refractivity (Wildman–Crippen MR) is 159 cm³/mol. The van der Waals surface area contributed by atoms with Crippen molar-refractivity contribution < 1.29 is 29.0 Å². The van der Waals surface area contributed by atoms with Gasteiger partial charge in [-0.25, -0.2) is 0 Å². The summed E-state index contributed by atoms with van der Waals surface area (Å²) < 4.78 is 9.66. The van der Waals surface area contributed by atoms with Gasteiger partial charge in [-0.1, -0.05) is 81.4 Å². The third kappa shape index (κ3) is 20.3. The Morgan fingerprint density at radius 3 is 1.59 bits per heavy atom. The number of carboxylic acid groups (broad SMARTS) is 1. The number of methoxy groups -OCH3 is 1. The zero-order valence-electron chi connectivity index (χ0n) is 23.0. The number of benzene rings is 2. The lowest BCUT2D eigenvalue weighted by Gasteiger charge is -2.20. The Balaban J connectivity index is -0.000000461. The van der Waals surface area contributed by atoms with Crippen LogP contribution in [0.1, 0.15) is 77.5 Å². The van der Waals surface area contributed by atoms with Gasteiger partial charge >= 0.3 is 17.9 Å². The van der Waals surface area contributed by atoms with Gasteiger partial charge in [0.2, 0.25) is 0 Å².